The molecule has 0 bridgehead atoms. The molecule has 1 heterocycles. The molecule has 1 aromatic heterocycles. The van der Waals surface area contributed by atoms with Crippen LogP contribution in [-0.2, 0) is 17.7 Å². The molecule has 0 aliphatic heterocycles. The van der Waals surface area contributed by atoms with Gasteiger partial charge in [-0.2, -0.15) is 0 Å². The number of thiophene rings is 1. The molecule has 4 nitrogen and oxygen atoms in total. The third-order valence-electron chi connectivity index (χ3n) is 3.91. The molecule has 0 aliphatic carbocycles. The normalized spacial score (nSPS) is 14.0. The summed E-state index contributed by atoms with van der Waals surface area (Å²) in [6.07, 6.45) is -4.29. The fraction of sp³-hybridized carbons (Fsp3) is 0.222. The predicted molar refractivity (Wildman–Crippen MR) is 117 cm³/mol. The minimum Gasteiger partial charge on any atom is -0.406 e. The van der Waals surface area contributed by atoms with Crippen molar-refractivity contribution in [3.05, 3.63) is 58.6 Å². The zero-order chi connectivity index (χ0) is 21.2. The molecular formula is C18H14Br2F3NO3S2. The molecule has 0 saturated heterocycles. The van der Waals surface area contributed by atoms with E-state index in [2.05, 4.69) is 36.6 Å². The molecule has 2 unspecified atom stereocenters. The fourth-order valence-electron chi connectivity index (χ4n) is 2.71. The first-order valence-electron chi connectivity index (χ1n) is 8.18. The molecule has 156 valence electrons. The van der Waals surface area contributed by atoms with Gasteiger partial charge in [-0.05, 0) is 46.1 Å². The molecule has 29 heavy (non-hydrogen) atoms. The number of rotatable bonds is 7. The average Bonchev–Trinajstić information content (AvgIpc) is 2.97. The number of benzene rings is 2. The van der Waals surface area contributed by atoms with Gasteiger partial charge in [-0.25, -0.2) is 4.21 Å². The molecule has 2 aromatic carbocycles. The second-order valence-electron chi connectivity index (χ2n) is 6.00. The second kappa shape index (κ2) is 9.34. The molecule has 1 N–H and O–H groups in total. The van der Waals surface area contributed by atoms with Crippen molar-refractivity contribution in [3.8, 4) is 5.75 Å². The van der Waals surface area contributed by atoms with E-state index in [1.54, 1.807) is 0 Å². The molecule has 0 saturated carbocycles. The van der Waals surface area contributed by atoms with Crippen LogP contribution in [-0.4, -0.2) is 26.5 Å². The van der Waals surface area contributed by atoms with Gasteiger partial charge in [-0.3, -0.25) is 8.86 Å². The first-order valence-corrected chi connectivity index (χ1v) is 11.8. The number of hydrogen-bond donors (Lipinski definition) is 1. The van der Waals surface area contributed by atoms with E-state index in [1.807, 2.05) is 24.3 Å². The highest BCUT2D eigenvalue weighted by molar-refractivity contribution is 9.11. The van der Waals surface area contributed by atoms with E-state index in [0.717, 1.165) is 20.1 Å². The first kappa shape index (κ1) is 22.5. The summed E-state index contributed by atoms with van der Waals surface area (Å²) in [5.74, 6) is -0.292. The minimum atomic E-state index is -4.73. The van der Waals surface area contributed by atoms with Gasteiger partial charge in [-0.15, -0.1) is 24.5 Å². The smallest absolute Gasteiger partial charge is 0.406 e. The van der Waals surface area contributed by atoms with E-state index in [1.165, 1.54) is 39.9 Å². The maximum absolute atomic E-state index is 12.3. The average molecular weight is 573 g/mol. The van der Waals surface area contributed by atoms with Crippen molar-refractivity contribution in [2.75, 3.05) is 10.8 Å². The van der Waals surface area contributed by atoms with Gasteiger partial charge in [0.05, 0.1) is 4.47 Å². The van der Waals surface area contributed by atoms with Gasteiger partial charge in [0, 0.05) is 21.5 Å². The zero-order valence-electron chi connectivity index (χ0n) is 14.5. The summed E-state index contributed by atoms with van der Waals surface area (Å²) in [6.45, 7) is 0.218. The van der Waals surface area contributed by atoms with E-state index < -0.39 is 17.6 Å². The maximum Gasteiger partial charge on any atom is 0.573 e. The number of ether oxygens (including phenoxy) is 1. The van der Waals surface area contributed by atoms with Crippen molar-refractivity contribution in [1.82, 2.24) is 0 Å². The summed E-state index contributed by atoms with van der Waals surface area (Å²) < 4.78 is 65.5. The van der Waals surface area contributed by atoms with Crippen LogP contribution in [0.15, 0.2) is 53.0 Å². The standard InChI is InChI=1S/C18H14Br2F3NO3S2/c19-12(9-11-5-7-13(8-6-11)27-18(21,22)23)10-24(29(25)26)17-16(20)14-3-1-2-4-15(14)28-17/h1-8,12H,9-10H2,(H,25,26). The van der Waals surface area contributed by atoms with E-state index in [4.69, 9.17) is 0 Å². The highest BCUT2D eigenvalue weighted by atomic mass is 79.9. The lowest BCUT2D eigenvalue weighted by Crippen LogP contribution is -2.31. The SMILES string of the molecule is O=S(O)N(CC(Br)Cc1ccc(OC(F)(F)F)cc1)c1sc2ccccc2c1Br. The van der Waals surface area contributed by atoms with Crippen molar-refractivity contribution in [2.45, 2.75) is 17.6 Å². The highest BCUT2D eigenvalue weighted by Crippen LogP contribution is 2.42. The van der Waals surface area contributed by atoms with Gasteiger partial charge in [0.15, 0.2) is 0 Å². The molecule has 11 heteroatoms. The Kier molecular flexibility index (Phi) is 7.26. The number of halogens is 5. The summed E-state index contributed by atoms with van der Waals surface area (Å²) in [5.41, 5.74) is 0.764. The molecular weight excluding hydrogens is 559 g/mol. The van der Waals surface area contributed by atoms with Crippen LogP contribution in [0.3, 0.4) is 0 Å². The Morgan fingerprint density at radius 2 is 1.83 bits per heavy atom. The zero-order valence-corrected chi connectivity index (χ0v) is 19.3. The number of nitrogens with zero attached hydrogens (tertiary/aromatic N) is 1. The van der Waals surface area contributed by atoms with Gasteiger partial charge >= 0.3 is 6.36 Å². The predicted octanol–water partition coefficient (Wildman–Crippen LogP) is 6.51. The van der Waals surface area contributed by atoms with Gasteiger partial charge in [0.25, 0.3) is 11.3 Å². The number of fused-ring (bicyclic) bond motifs is 1. The Morgan fingerprint density at radius 1 is 1.17 bits per heavy atom. The van der Waals surface area contributed by atoms with Crippen molar-refractivity contribution < 1.29 is 26.7 Å². The number of anilines is 1. The third kappa shape index (κ3) is 5.94. The lowest BCUT2D eigenvalue weighted by molar-refractivity contribution is -0.274. The summed E-state index contributed by atoms with van der Waals surface area (Å²) in [5, 5.41) is 1.58. The molecule has 0 fully saturated rings. The molecule has 0 amide bonds. The van der Waals surface area contributed by atoms with Crippen molar-refractivity contribution in [3.63, 3.8) is 0 Å². The van der Waals surface area contributed by atoms with E-state index in [0.29, 0.717) is 11.4 Å². The summed E-state index contributed by atoms with van der Waals surface area (Å²) in [4.78, 5) is -0.218. The summed E-state index contributed by atoms with van der Waals surface area (Å²) >= 11 is 6.17. The Bertz CT molecular complexity index is 1010. The minimum absolute atomic E-state index is 0.218. The van der Waals surface area contributed by atoms with Crippen LogP contribution < -0.4 is 9.04 Å². The van der Waals surface area contributed by atoms with Crippen LogP contribution in [0.1, 0.15) is 5.56 Å². The van der Waals surface area contributed by atoms with Crippen LogP contribution >= 0.6 is 43.2 Å². The number of hydrogen-bond acceptors (Lipinski definition) is 3. The highest BCUT2D eigenvalue weighted by Gasteiger charge is 2.31. The Morgan fingerprint density at radius 3 is 2.41 bits per heavy atom. The molecule has 0 radical (unpaired) electrons. The Balaban J connectivity index is 1.72. The van der Waals surface area contributed by atoms with E-state index >= 15 is 0 Å². The van der Waals surface area contributed by atoms with Crippen molar-refractivity contribution in [1.29, 1.82) is 0 Å². The maximum atomic E-state index is 12.3. The van der Waals surface area contributed by atoms with Gasteiger partial charge in [-0.1, -0.05) is 46.3 Å². The molecule has 3 rings (SSSR count). The fourth-order valence-corrected chi connectivity index (χ4v) is 6.47. The largest absolute Gasteiger partial charge is 0.573 e. The topological polar surface area (TPSA) is 49.8 Å². The molecule has 0 spiro atoms. The first-order chi connectivity index (χ1) is 13.6. The lowest BCUT2D eigenvalue weighted by Gasteiger charge is -2.22. The number of alkyl halides is 4. The van der Waals surface area contributed by atoms with Gasteiger partial charge in [0.1, 0.15) is 10.8 Å². The van der Waals surface area contributed by atoms with Gasteiger partial charge < -0.3 is 4.74 Å². The monoisotopic (exact) mass is 571 g/mol. The Labute approximate surface area is 188 Å². The summed E-state index contributed by atoms with van der Waals surface area (Å²) in [7, 11) is 0. The van der Waals surface area contributed by atoms with Crippen LogP contribution in [0.5, 0.6) is 5.75 Å². The van der Waals surface area contributed by atoms with Crippen LogP contribution in [0.4, 0.5) is 18.2 Å². The van der Waals surface area contributed by atoms with E-state index in [9.17, 15) is 21.9 Å². The molecule has 3 aromatic rings. The van der Waals surface area contributed by atoms with Crippen LogP contribution in [0.25, 0.3) is 10.1 Å². The van der Waals surface area contributed by atoms with Crippen molar-refractivity contribution >= 4 is 69.6 Å². The quantitative estimate of drug-likeness (QED) is 0.259. The third-order valence-corrected chi connectivity index (χ3v) is 7.61. The van der Waals surface area contributed by atoms with Crippen molar-refractivity contribution in [2.24, 2.45) is 0 Å². The van der Waals surface area contributed by atoms with E-state index in [-0.39, 0.29) is 17.1 Å². The van der Waals surface area contributed by atoms with Crippen LogP contribution in [0.2, 0.25) is 0 Å². The lowest BCUT2D eigenvalue weighted by atomic mass is 10.1. The molecule has 0 aliphatic rings. The molecule has 2 atom stereocenters. The Hall–Kier alpha value is -1.14. The summed E-state index contributed by atoms with van der Waals surface area (Å²) in [6, 6.07) is 13.2. The van der Waals surface area contributed by atoms with Gasteiger partial charge in [0.2, 0.25) is 0 Å². The van der Waals surface area contributed by atoms with Crippen LogP contribution in [0, 0.1) is 0 Å². The second-order valence-corrected chi connectivity index (χ2v) is 10.0.